The maximum absolute atomic E-state index is 12.2. The third kappa shape index (κ3) is 3.21. The highest BCUT2D eigenvalue weighted by Crippen LogP contribution is 2.21. The molecule has 0 fully saturated rings. The highest BCUT2D eigenvalue weighted by Gasteiger charge is 2.06. The second-order valence-electron chi connectivity index (χ2n) is 4.76. The monoisotopic (exact) mass is 301 g/mol. The van der Waals surface area contributed by atoms with E-state index in [1.165, 1.54) is 0 Å². The summed E-state index contributed by atoms with van der Waals surface area (Å²) in [6.07, 6.45) is 1.71. The molecule has 1 aromatic carbocycles. The summed E-state index contributed by atoms with van der Waals surface area (Å²) in [6.45, 7) is -0.0375. The van der Waals surface area contributed by atoms with Crippen LogP contribution < -0.4 is 10.6 Å². The minimum absolute atomic E-state index is 0.327. The number of rotatable bonds is 6. The molecular formula is C15H16FN5O. The van der Waals surface area contributed by atoms with E-state index >= 15 is 0 Å². The van der Waals surface area contributed by atoms with Crippen LogP contribution in [0.3, 0.4) is 0 Å². The second kappa shape index (κ2) is 6.50. The molecule has 0 radical (unpaired) electrons. The van der Waals surface area contributed by atoms with Gasteiger partial charge in [0.25, 0.3) is 0 Å². The summed E-state index contributed by atoms with van der Waals surface area (Å²) in [5.41, 5.74) is 2.52. The molecule has 22 heavy (non-hydrogen) atoms. The Labute approximate surface area is 126 Å². The van der Waals surface area contributed by atoms with Crippen LogP contribution in [0.25, 0.3) is 22.6 Å². The Morgan fingerprint density at radius 1 is 1.23 bits per heavy atom. The standard InChI is InChI=1S/C15H16FN5O/c16-10-21(17)8-9-22-12-5-3-11(4-6-12)14-19-13-2-1-7-18-15(13)20-14/h1-7H,8-10,17H2,(H,18,19,20). The first kappa shape index (κ1) is 14.4. The van der Waals surface area contributed by atoms with E-state index in [9.17, 15) is 4.39 Å². The molecule has 0 amide bonds. The first-order valence-electron chi connectivity index (χ1n) is 6.86. The number of nitrogens with one attached hydrogen (secondary N) is 1. The number of alkyl halides is 1. The number of pyridine rings is 1. The summed E-state index contributed by atoms with van der Waals surface area (Å²) in [5, 5.41) is 1.05. The molecule has 0 bridgehead atoms. The number of ether oxygens (including phenoxy) is 1. The van der Waals surface area contributed by atoms with E-state index in [0.29, 0.717) is 24.5 Å². The van der Waals surface area contributed by atoms with Crippen molar-refractivity contribution in [3.05, 3.63) is 42.6 Å². The van der Waals surface area contributed by atoms with E-state index in [1.807, 2.05) is 36.4 Å². The van der Waals surface area contributed by atoms with Crippen molar-refractivity contribution < 1.29 is 9.13 Å². The number of imidazole rings is 1. The molecular weight excluding hydrogens is 285 g/mol. The van der Waals surface area contributed by atoms with Gasteiger partial charge < -0.3 is 9.72 Å². The van der Waals surface area contributed by atoms with E-state index < -0.39 is 6.80 Å². The summed E-state index contributed by atoms with van der Waals surface area (Å²) >= 11 is 0. The molecule has 2 aromatic heterocycles. The van der Waals surface area contributed by atoms with Gasteiger partial charge in [0, 0.05) is 18.3 Å². The molecule has 0 spiro atoms. The fourth-order valence-corrected chi connectivity index (χ4v) is 2.03. The van der Waals surface area contributed by atoms with E-state index in [1.54, 1.807) is 6.20 Å². The minimum atomic E-state index is -0.692. The number of fused-ring (bicyclic) bond motifs is 1. The number of H-pyrrole nitrogens is 1. The van der Waals surface area contributed by atoms with Gasteiger partial charge in [-0.3, -0.25) is 5.84 Å². The first-order chi connectivity index (χ1) is 10.8. The van der Waals surface area contributed by atoms with Crippen molar-refractivity contribution in [3.63, 3.8) is 0 Å². The number of hydrogen-bond acceptors (Lipinski definition) is 5. The maximum Gasteiger partial charge on any atom is 0.178 e. The van der Waals surface area contributed by atoms with E-state index in [4.69, 9.17) is 10.6 Å². The van der Waals surface area contributed by atoms with Gasteiger partial charge in [-0.2, -0.15) is 0 Å². The smallest absolute Gasteiger partial charge is 0.178 e. The quantitative estimate of drug-likeness (QED) is 0.414. The van der Waals surface area contributed by atoms with Crippen LogP contribution in [-0.2, 0) is 0 Å². The molecule has 0 saturated carbocycles. The second-order valence-corrected chi connectivity index (χ2v) is 4.76. The topological polar surface area (TPSA) is 80.1 Å². The number of benzene rings is 1. The van der Waals surface area contributed by atoms with Gasteiger partial charge >= 0.3 is 0 Å². The fraction of sp³-hybridized carbons (Fsp3) is 0.200. The van der Waals surface area contributed by atoms with Crippen LogP contribution in [-0.4, -0.2) is 39.9 Å². The van der Waals surface area contributed by atoms with Crippen molar-refractivity contribution in [1.82, 2.24) is 20.0 Å². The lowest BCUT2D eigenvalue weighted by Crippen LogP contribution is -2.33. The van der Waals surface area contributed by atoms with Crippen LogP contribution in [0.5, 0.6) is 5.75 Å². The minimum Gasteiger partial charge on any atom is -0.492 e. The van der Waals surface area contributed by atoms with Gasteiger partial charge in [-0.1, -0.05) is 0 Å². The maximum atomic E-state index is 12.2. The van der Waals surface area contributed by atoms with Crippen molar-refractivity contribution in [2.75, 3.05) is 20.0 Å². The van der Waals surface area contributed by atoms with E-state index in [-0.39, 0.29) is 0 Å². The molecule has 114 valence electrons. The fourth-order valence-electron chi connectivity index (χ4n) is 2.03. The van der Waals surface area contributed by atoms with E-state index in [2.05, 4.69) is 15.0 Å². The third-order valence-electron chi connectivity index (χ3n) is 3.19. The molecule has 3 N–H and O–H groups in total. The molecule has 0 atom stereocenters. The van der Waals surface area contributed by atoms with Crippen molar-refractivity contribution in [1.29, 1.82) is 0 Å². The molecule has 7 heteroatoms. The number of aromatic nitrogens is 3. The Morgan fingerprint density at radius 3 is 2.77 bits per heavy atom. The summed E-state index contributed by atoms with van der Waals surface area (Å²) < 4.78 is 17.7. The Morgan fingerprint density at radius 2 is 2.05 bits per heavy atom. The molecule has 3 rings (SSSR count). The van der Waals surface area contributed by atoms with Crippen LogP contribution in [0.15, 0.2) is 42.6 Å². The van der Waals surface area contributed by atoms with Crippen molar-refractivity contribution in [2.24, 2.45) is 5.84 Å². The average Bonchev–Trinajstić information content (AvgIpc) is 2.99. The zero-order valence-corrected chi connectivity index (χ0v) is 11.9. The molecule has 0 aliphatic heterocycles. The summed E-state index contributed by atoms with van der Waals surface area (Å²) in [7, 11) is 0. The van der Waals surface area contributed by atoms with Gasteiger partial charge in [-0.25, -0.2) is 19.4 Å². The molecule has 0 saturated heterocycles. The average molecular weight is 301 g/mol. The van der Waals surface area contributed by atoms with E-state index in [0.717, 1.165) is 21.9 Å². The first-order valence-corrected chi connectivity index (χ1v) is 6.86. The predicted octanol–water partition coefficient (Wildman–Crippen LogP) is 2.11. The largest absolute Gasteiger partial charge is 0.492 e. The van der Waals surface area contributed by atoms with Crippen molar-refractivity contribution in [2.45, 2.75) is 0 Å². The summed E-state index contributed by atoms with van der Waals surface area (Å²) in [5.74, 6) is 6.79. The Kier molecular flexibility index (Phi) is 4.27. The molecule has 0 unspecified atom stereocenters. The van der Waals surface area contributed by atoms with Crippen molar-refractivity contribution in [3.8, 4) is 17.1 Å². The lowest BCUT2D eigenvalue weighted by atomic mass is 10.2. The number of halogens is 1. The Bertz CT molecular complexity index is 710. The number of nitrogens with zero attached hydrogens (tertiary/aromatic N) is 3. The van der Waals surface area contributed by atoms with Crippen LogP contribution in [0.4, 0.5) is 4.39 Å². The number of hydrogen-bond donors (Lipinski definition) is 2. The van der Waals surface area contributed by atoms with Crippen LogP contribution in [0.2, 0.25) is 0 Å². The highest BCUT2D eigenvalue weighted by molar-refractivity contribution is 5.75. The number of hydrazine groups is 1. The van der Waals surface area contributed by atoms with Crippen LogP contribution in [0.1, 0.15) is 0 Å². The number of aromatic amines is 1. The zero-order valence-electron chi connectivity index (χ0n) is 11.9. The highest BCUT2D eigenvalue weighted by atomic mass is 19.1. The van der Waals surface area contributed by atoms with Gasteiger partial charge in [0.2, 0.25) is 0 Å². The van der Waals surface area contributed by atoms with Crippen LogP contribution in [0, 0.1) is 0 Å². The Hall–Kier alpha value is -2.51. The van der Waals surface area contributed by atoms with Gasteiger partial charge in [0.15, 0.2) is 12.4 Å². The lowest BCUT2D eigenvalue weighted by Gasteiger charge is -2.12. The number of nitrogens with two attached hydrogens (primary N) is 1. The molecule has 0 aliphatic carbocycles. The SMILES string of the molecule is NN(CF)CCOc1ccc(-c2nc3ncccc3[nH]2)cc1. The third-order valence-corrected chi connectivity index (χ3v) is 3.19. The van der Waals surface area contributed by atoms with Gasteiger partial charge in [-0.05, 0) is 36.4 Å². The molecule has 2 heterocycles. The van der Waals surface area contributed by atoms with Crippen LogP contribution >= 0.6 is 0 Å². The summed E-state index contributed by atoms with van der Waals surface area (Å²) in [4.78, 5) is 11.9. The molecule has 6 nitrogen and oxygen atoms in total. The summed E-state index contributed by atoms with van der Waals surface area (Å²) in [6, 6.07) is 11.3. The van der Waals surface area contributed by atoms with Gasteiger partial charge in [-0.15, -0.1) is 0 Å². The molecule has 3 aromatic rings. The lowest BCUT2D eigenvalue weighted by molar-refractivity contribution is 0.155. The normalized spacial score (nSPS) is 11.2. The zero-order chi connectivity index (χ0) is 15.4. The van der Waals surface area contributed by atoms with Gasteiger partial charge in [0.1, 0.15) is 18.2 Å². The van der Waals surface area contributed by atoms with Gasteiger partial charge in [0.05, 0.1) is 5.52 Å². The predicted molar refractivity (Wildman–Crippen MR) is 81.7 cm³/mol. The van der Waals surface area contributed by atoms with Crippen molar-refractivity contribution >= 4 is 11.2 Å². The molecule has 0 aliphatic rings. The Balaban J connectivity index is 1.68.